The lowest BCUT2D eigenvalue weighted by atomic mass is 10.2. The molecule has 0 radical (unpaired) electrons. The number of hydrogen-bond donors (Lipinski definition) is 0. The molecule has 0 aliphatic rings. The van der Waals surface area contributed by atoms with Gasteiger partial charge in [-0.05, 0) is 10.6 Å². The predicted octanol–water partition coefficient (Wildman–Crippen LogP) is 2.42. The molecule has 0 saturated heterocycles. The van der Waals surface area contributed by atoms with Crippen LogP contribution in [0.15, 0.2) is 35.4 Å². The van der Waals surface area contributed by atoms with Gasteiger partial charge in [0.1, 0.15) is 0 Å². The van der Waals surface area contributed by atoms with Crippen LogP contribution < -0.4 is 0 Å². The van der Waals surface area contributed by atoms with E-state index in [1.165, 1.54) is 4.68 Å². The van der Waals surface area contributed by atoms with E-state index in [9.17, 15) is 0 Å². The van der Waals surface area contributed by atoms with Crippen molar-refractivity contribution in [3.05, 3.63) is 40.8 Å². The molecule has 0 amide bonds. The topological polar surface area (TPSA) is 79.5 Å². The van der Waals surface area contributed by atoms with Gasteiger partial charge in [0.2, 0.25) is 5.95 Å². The zero-order chi connectivity index (χ0) is 10.7. The summed E-state index contributed by atoms with van der Waals surface area (Å²) >= 11 is 0. The lowest BCUT2D eigenvalue weighted by Crippen LogP contribution is -1.88. The van der Waals surface area contributed by atoms with Crippen LogP contribution in [0.2, 0.25) is 0 Å². The van der Waals surface area contributed by atoms with Gasteiger partial charge >= 0.3 is 0 Å². The molecule has 2 aromatic rings. The second-order valence-electron chi connectivity index (χ2n) is 2.91. The van der Waals surface area contributed by atoms with Crippen LogP contribution in [0, 0.1) is 0 Å². The zero-order valence-corrected chi connectivity index (χ0v) is 8.07. The smallest absolute Gasteiger partial charge is 0.215 e. The zero-order valence-electron chi connectivity index (χ0n) is 8.07. The minimum absolute atomic E-state index is 0.261. The Bertz CT molecular complexity index is 509. The average molecular weight is 200 g/mol. The molecule has 15 heavy (non-hydrogen) atoms. The lowest BCUT2D eigenvalue weighted by molar-refractivity contribution is 0.770. The number of rotatable bonds is 2. The molecule has 0 fully saturated rings. The minimum atomic E-state index is 0.261. The van der Waals surface area contributed by atoms with E-state index in [2.05, 4.69) is 20.1 Å². The van der Waals surface area contributed by atoms with Crippen molar-refractivity contribution in [2.45, 2.75) is 0 Å². The van der Waals surface area contributed by atoms with Gasteiger partial charge in [0, 0.05) is 17.5 Å². The van der Waals surface area contributed by atoms with E-state index in [4.69, 9.17) is 5.53 Å². The summed E-state index contributed by atoms with van der Waals surface area (Å²) in [4.78, 5) is 6.78. The van der Waals surface area contributed by atoms with Gasteiger partial charge in [-0.3, -0.25) is 0 Å². The summed E-state index contributed by atoms with van der Waals surface area (Å²) in [5, 5.41) is 7.56. The lowest BCUT2D eigenvalue weighted by Gasteiger charge is -1.91. The van der Waals surface area contributed by atoms with Crippen molar-refractivity contribution >= 4 is 5.95 Å². The van der Waals surface area contributed by atoms with Gasteiger partial charge in [0.25, 0.3) is 0 Å². The van der Waals surface area contributed by atoms with Crippen LogP contribution in [-0.2, 0) is 7.05 Å². The molecule has 74 valence electrons. The first-order valence-electron chi connectivity index (χ1n) is 4.33. The number of nitrogens with zero attached hydrogens (tertiary/aromatic N) is 6. The largest absolute Gasteiger partial charge is 0.247 e. The highest BCUT2D eigenvalue weighted by Crippen LogP contribution is 2.17. The monoisotopic (exact) mass is 200 g/mol. The highest BCUT2D eigenvalue weighted by atomic mass is 15.4. The molecule has 0 aliphatic heterocycles. The summed E-state index contributed by atoms with van der Waals surface area (Å²) < 4.78 is 1.45. The standard InChI is InChI=1S/C9H8N6/c1-15-9(12-14-10)11-8(13-15)7-5-3-2-4-6-7/h2-6H,1H3. The van der Waals surface area contributed by atoms with E-state index in [1.807, 2.05) is 30.3 Å². The van der Waals surface area contributed by atoms with Gasteiger partial charge in [0.05, 0.1) is 0 Å². The molecular formula is C9H8N6. The van der Waals surface area contributed by atoms with Crippen LogP contribution in [0.1, 0.15) is 0 Å². The minimum Gasteiger partial charge on any atom is -0.247 e. The maximum atomic E-state index is 8.30. The first-order chi connectivity index (χ1) is 7.31. The molecule has 6 heteroatoms. The molecule has 1 heterocycles. The third-order valence-electron chi connectivity index (χ3n) is 1.91. The molecule has 1 aromatic carbocycles. The average Bonchev–Trinajstić information content (AvgIpc) is 2.63. The van der Waals surface area contributed by atoms with Crippen molar-refractivity contribution in [3.8, 4) is 11.4 Å². The molecule has 0 spiro atoms. The summed E-state index contributed by atoms with van der Waals surface area (Å²) in [5.41, 5.74) is 9.20. The van der Waals surface area contributed by atoms with E-state index in [0.29, 0.717) is 5.82 Å². The second-order valence-corrected chi connectivity index (χ2v) is 2.91. The van der Waals surface area contributed by atoms with Crippen LogP contribution in [0.3, 0.4) is 0 Å². The third-order valence-corrected chi connectivity index (χ3v) is 1.91. The van der Waals surface area contributed by atoms with E-state index >= 15 is 0 Å². The Morgan fingerprint density at radius 2 is 2.07 bits per heavy atom. The summed E-state index contributed by atoms with van der Waals surface area (Å²) in [5.74, 6) is 0.817. The molecule has 0 bridgehead atoms. The van der Waals surface area contributed by atoms with E-state index in [0.717, 1.165) is 5.56 Å². The highest BCUT2D eigenvalue weighted by Gasteiger charge is 2.06. The van der Waals surface area contributed by atoms with Crippen molar-refractivity contribution in [1.82, 2.24) is 14.8 Å². The first-order valence-corrected chi connectivity index (χ1v) is 4.33. The van der Waals surface area contributed by atoms with Crippen molar-refractivity contribution < 1.29 is 0 Å². The van der Waals surface area contributed by atoms with Gasteiger partial charge in [-0.15, -0.1) is 0 Å². The van der Waals surface area contributed by atoms with E-state index in [-0.39, 0.29) is 5.95 Å². The first kappa shape index (κ1) is 9.23. The molecule has 6 nitrogen and oxygen atoms in total. The summed E-state index contributed by atoms with van der Waals surface area (Å²) in [6.45, 7) is 0. The summed E-state index contributed by atoms with van der Waals surface area (Å²) in [7, 11) is 1.68. The highest BCUT2D eigenvalue weighted by molar-refractivity contribution is 5.55. The van der Waals surface area contributed by atoms with Crippen molar-refractivity contribution in [1.29, 1.82) is 0 Å². The van der Waals surface area contributed by atoms with Gasteiger partial charge in [-0.2, -0.15) is 5.10 Å². The summed E-state index contributed by atoms with van der Waals surface area (Å²) in [6.07, 6.45) is 0. The molecule has 1 aromatic heterocycles. The Balaban J connectivity index is 2.47. The molecule has 0 unspecified atom stereocenters. The van der Waals surface area contributed by atoms with Crippen LogP contribution in [0.5, 0.6) is 0 Å². The molecular weight excluding hydrogens is 192 g/mol. The van der Waals surface area contributed by atoms with Gasteiger partial charge in [0.15, 0.2) is 5.82 Å². The van der Waals surface area contributed by atoms with Gasteiger partial charge in [-0.1, -0.05) is 30.3 Å². The Hall–Kier alpha value is -2.33. The number of azide groups is 1. The van der Waals surface area contributed by atoms with E-state index in [1.54, 1.807) is 7.05 Å². The number of benzene rings is 1. The van der Waals surface area contributed by atoms with Gasteiger partial charge in [-0.25, -0.2) is 9.67 Å². The normalized spacial score (nSPS) is 9.67. The Labute approximate surface area is 85.8 Å². The maximum Gasteiger partial charge on any atom is 0.215 e. The fourth-order valence-corrected chi connectivity index (χ4v) is 1.21. The molecule has 0 N–H and O–H groups in total. The Morgan fingerprint density at radius 3 is 2.73 bits per heavy atom. The van der Waals surface area contributed by atoms with Gasteiger partial charge < -0.3 is 0 Å². The molecule has 0 saturated carbocycles. The maximum absolute atomic E-state index is 8.30. The SMILES string of the molecule is Cn1nc(-c2ccccc2)nc1N=[N+]=[N-]. The van der Waals surface area contributed by atoms with E-state index < -0.39 is 0 Å². The fourth-order valence-electron chi connectivity index (χ4n) is 1.21. The fraction of sp³-hybridized carbons (Fsp3) is 0.111. The van der Waals surface area contributed by atoms with Crippen molar-refractivity contribution in [3.63, 3.8) is 0 Å². The Morgan fingerprint density at radius 1 is 1.33 bits per heavy atom. The predicted molar refractivity (Wildman–Crippen MR) is 55.2 cm³/mol. The van der Waals surface area contributed by atoms with Crippen LogP contribution in [0.25, 0.3) is 21.8 Å². The molecule has 2 rings (SSSR count). The summed E-state index contributed by atoms with van der Waals surface area (Å²) in [6, 6.07) is 9.52. The van der Waals surface area contributed by atoms with Crippen LogP contribution in [0.4, 0.5) is 5.95 Å². The third kappa shape index (κ3) is 1.79. The number of hydrogen-bond acceptors (Lipinski definition) is 3. The quantitative estimate of drug-likeness (QED) is 0.424. The second kappa shape index (κ2) is 3.81. The van der Waals surface area contributed by atoms with Crippen LogP contribution >= 0.6 is 0 Å². The number of aryl methyl sites for hydroxylation is 1. The van der Waals surface area contributed by atoms with Crippen molar-refractivity contribution in [2.75, 3.05) is 0 Å². The van der Waals surface area contributed by atoms with Crippen LogP contribution in [-0.4, -0.2) is 14.8 Å². The number of aromatic nitrogens is 3. The molecule has 0 aliphatic carbocycles. The molecule has 0 atom stereocenters. The van der Waals surface area contributed by atoms with Crippen molar-refractivity contribution in [2.24, 2.45) is 12.2 Å². The Kier molecular flexibility index (Phi) is 2.35.